The Bertz CT molecular complexity index is 532. The van der Waals surface area contributed by atoms with Crippen LogP contribution in [0.3, 0.4) is 0 Å². The van der Waals surface area contributed by atoms with Gasteiger partial charge in [0.15, 0.2) is 9.84 Å². The maximum atomic E-state index is 11.8. The molecule has 1 aromatic carbocycles. The van der Waals surface area contributed by atoms with Crippen molar-refractivity contribution in [3.05, 3.63) is 35.4 Å². The number of nitrogens with one attached hydrogen (secondary N) is 1. The first-order valence-electron chi connectivity index (χ1n) is 5.59. The molecule has 1 aliphatic heterocycles. The molecule has 5 nitrogen and oxygen atoms in total. The molecule has 18 heavy (non-hydrogen) atoms. The van der Waals surface area contributed by atoms with Crippen LogP contribution in [0.1, 0.15) is 15.9 Å². The van der Waals surface area contributed by atoms with Crippen LogP contribution in [0.15, 0.2) is 24.3 Å². The summed E-state index contributed by atoms with van der Waals surface area (Å²) in [6.45, 7) is 1.11. The fourth-order valence-electron chi connectivity index (χ4n) is 1.64. The molecule has 98 valence electrons. The summed E-state index contributed by atoms with van der Waals surface area (Å²) in [5.74, 6) is -0.167. The summed E-state index contributed by atoms with van der Waals surface area (Å²) in [6, 6.07) is 6.68. The summed E-state index contributed by atoms with van der Waals surface area (Å²) in [6.07, 6.45) is 1.18. The normalized spacial score (nSPS) is 16.1. The molecular weight excluding hydrogens is 254 g/mol. The zero-order valence-electron chi connectivity index (χ0n) is 10.0. The Balaban J connectivity index is 2.00. The Labute approximate surface area is 106 Å². The molecule has 0 radical (unpaired) electrons. The minimum absolute atomic E-state index is 0.00857. The van der Waals surface area contributed by atoms with Gasteiger partial charge in [-0.1, -0.05) is 12.1 Å². The summed E-state index contributed by atoms with van der Waals surface area (Å²) in [4.78, 5) is 11.8. The van der Waals surface area contributed by atoms with Gasteiger partial charge in [-0.25, -0.2) is 8.42 Å². The van der Waals surface area contributed by atoms with Crippen LogP contribution < -0.4 is 5.32 Å². The van der Waals surface area contributed by atoms with Crippen molar-refractivity contribution in [1.29, 1.82) is 0 Å². The highest BCUT2D eigenvalue weighted by Crippen LogP contribution is 2.09. The van der Waals surface area contributed by atoms with E-state index in [1.807, 2.05) is 0 Å². The lowest BCUT2D eigenvalue weighted by atomic mass is 10.1. The topological polar surface area (TPSA) is 72.5 Å². The molecular formula is C12H15NO4S. The number of hydrogen-bond acceptors (Lipinski definition) is 4. The summed E-state index contributed by atoms with van der Waals surface area (Å²) in [5.41, 5.74) is 1.21. The second-order valence-electron chi connectivity index (χ2n) is 4.47. The van der Waals surface area contributed by atoms with Crippen LogP contribution in [0.5, 0.6) is 0 Å². The molecule has 0 aliphatic carbocycles. The largest absolute Gasteiger partial charge is 0.377 e. The first kappa shape index (κ1) is 13.0. The highest BCUT2D eigenvalue weighted by molar-refractivity contribution is 7.89. The first-order valence-corrected chi connectivity index (χ1v) is 7.65. The van der Waals surface area contributed by atoms with E-state index in [9.17, 15) is 13.2 Å². The van der Waals surface area contributed by atoms with Crippen molar-refractivity contribution < 1.29 is 17.9 Å². The first-order chi connectivity index (χ1) is 8.44. The number of sulfone groups is 1. The van der Waals surface area contributed by atoms with Gasteiger partial charge in [0.25, 0.3) is 5.91 Å². The van der Waals surface area contributed by atoms with E-state index < -0.39 is 9.84 Å². The van der Waals surface area contributed by atoms with Gasteiger partial charge in [-0.15, -0.1) is 0 Å². The molecule has 1 amide bonds. The van der Waals surface area contributed by atoms with E-state index in [2.05, 4.69) is 5.32 Å². The van der Waals surface area contributed by atoms with Gasteiger partial charge in [-0.3, -0.25) is 4.79 Å². The molecule has 2 rings (SSSR count). The predicted octanol–water partition coefficient (Wildman–Crippen LogP) is 0.360. The van der Waals surface area contributed by atoms with E-state index in [1.165, 1.54) is 6.26 Å². The van der Waals surface area contributed by atoms with E-state index in [1.54, 1.807) is 24.3 Å². The van der Waals surface area contributed by atoms with E-state index in [4.69, 9.17) is 4.74 Å². The highest BCUT2D eigenvalue weighted by Gasteiger charge is 2.20. The quantitative estimate of drug-likeness (QED) is 0.856. The molecule has 0 saturated carbocycles. The highest BCUT2D eigenvalue weighted by atomic mass is 32.2. The number of amides is 1. The van der Waals surface area contributed by atoms with Crippen LogP contribution in [0.25, 0.3) is 0 Å². The zero-order chi connectivity index (χ0) is 13.2. The standard InChI is InChI=1S/C12H15NO4S/c1-18(15,16)8-9-2-4-10(5-3-9)12(14)13-11-6-17-7-11/h2-5,11H,6-8H2,1H3,(H,13,14). The van der Waals surface area contributed by atoms with Crippen molar-refractivity contribution >= 4 is 15.7 Å². The smallest absolute Gasteiger partial charge is 0.251 e. The van der Waals surface area contributed by atoms with Crippen LogP contribution in [-0.4, -0.2) is 39.8 Å². The van der Waals surface area contributed by atoms with Crippen molar-refractivity contribution in [2.75, 3.05) is 19.5 Å². The summed E-state index contributed by atoms with van der Waals surface area (Å²) < 4.78 is 27.2. The van der Waals surface area contributed by atoms with Crippen LogP contribution in [0.4, 0.5) is 0 Å². The van der Waals surface area contributed by atoms with Crippen molar-refractivity contribution in [2.24, 2.45) is 0 Å². The van der Waals surface area contributed by atoms with Gasteiger partial charge in [0, 0.05) is 11.8 Å². The fourth-order valence-corrected chi connectivity index (χ4v) is 2.44. The molecule has 0 bridgehead atoms. The molecule has 1 saturated heterocycles. The van der Waals surface area contributed by atoms with E-state index in [-0.39, 0.29) is 17.7 Å². The van der Waals surface area contributed by atoms with Crippen molar-refractivity contribution in [3.63, 3.8) is 0 Å². The zero-order valence-corrected chi connectivity index (χ0v) is 10.9. The van der Waals surface area contributed by atoms with Gasteiger partial charge < -0.3 is 10.1 Å². The summed E-state index contributed by atoms with van der Waals surface area (Å²) in [5, 5.41) is 2.82. The minimum atomic E-state index is -3.04. The number of ether oxygens (including phenoxy) is 1. The number of hydrogen-bond donors (Lipinski definition) is 1. The lowest BCUT2D eigenvalue weighted by Gasteiger charge is -2.26. The second-order valence-corrected chi connectivity index (χ2v) is 6.62. The maximum absolute atomic E-state index is 11.8. The van der Waals surface area contributed by atoms with Gasteiger partial charge in [0.05, 0.1) is 25.0 Å². The summed E-state index contributed by atoms with van der Waals surface area (Å²) >= 11 is 0. The van der Waals surface area contributed by atoms with E-state index in [0.29, 0.717) is 24.3 Å². The minimum Gasteiger partial charge on any atom is -0.377 e. The molecule has 1 heterocycles. The number of carbonyl (C=O) groups excluding carboxylic acids is 1. The molecule has 0 atom stereocenters. The molecule has 1 N–H and O–H groups in total. The second kappa shape index (κ2) is 5.07. The number of carbonyl (C=O) groups is 1. The predicted molar refractivity (Wildman–Crippen MR) is 67.1 cm³/mol. The van der Waals surface area contributed by atoms with Crippen LogP contribution >= 0.6 is 0 Å². The number of benzene rings is 1. The Morgan fingerprint density at radius 3 is 2.39 bits per heavy atom. The maximum Gasteiger partial charge on any atom is 0.251 e. The van der Waals surface area contributed by atoms with Crippen LogP contribution in [0.2, 0.25) is 0 Å². The molecule has 1 fully saturated rings. The third-order valence-corrected chi connectivity index (χ3v) is 3.48. The van der Waals surface area contributed by atoms with Gasteiger partial charge in [-0.05, 0) is 17.7 Å². The lowest BCUT2D eigenvalue weighted by molar-refractivity contribution is -0.00346. The van der Waals surface area contributed by atoms with Gasteiger partial charge in [-0.2, -0.15) is 0 Å². The van der Waals surface area contributed by atoms with Crippen LogP contribution in [0, 0.1) is 0 Å². The Morgan fingerprint density at radius 2 is 1.94 bits per heavy atom. The lowest BCUT2D eigenvalue weighted by Crippen LogP contribution is -2.48. The SMILES string of the molecule is CS(=O)(=O)Cc1ccc(C(=O)NC2COC2)cc1. The fraction of sp³-hybridized carbons (Fsp3) is 0.417. The van der Waals surface area contributed by atoms with Crippen molar-refractivity contribution in [2.45, 2.75) is 11.8 Å². The summed E-state index contributed by atoms with van der Waals surface area (Å²) in [7, 11) is -3.04. The van der Waals surface area contributed by atoms with Gasteiger partial charge >= 0.3 is 0 Å². The average molecular weight is 269 g/mol. The van der Waals surface area contributed by atoms with Crippen molar-refractivity contribution in [1.82, 2.24) is 5.32 Å². The van der Waals surface area contributed by atoms with Crippen LogP contribution in [-0.2, 0) is 20.3 Å². The Kier molecular flexibility index (Phi) is 3.68. The number of rotatable bonds is 4. The Hall–Kier alpha value is -1.40. The molecule has 1 aliphatic rings. The van der Waals surface area contributed by atoms with Crippen molar-refractivity contribution in [3.8, 4) is 0 Å². The third-order valence-electron chi connectivity index (χ3n) is 2.62. The average Bonchev–Trinajstić information content (AvgIpc) is 2.22. The molecule has 6 heteroatoms. The molecule has 1 aromatic rings. The molecule has 0 aromatic heterocycles. The molecule has 0 spiro atoms. The van der Waals surface area contributed by atoms with E-state index in [0.717, 1.165) is 0 Å². The monoisotopic (exact) mass is 269 g/mol. The van der Waals surface area contributed by atoms with Gasteiger partial charge in [0.1, 0.15) is 0 Å². The Morgan fingerprint density at radius 1 is 1.33 bits per heavy atom. The van der Waals surface area contributed by atoms with Gasteiger partial charge in [0.2, 0.25) is 0 Å². The molecule has 0 unspecified atom stereocenters. The van der Waals surface area contributed by atoms with E-state index >= 15 is 0 Å². The third kappa shape index (κ3) is 3.54.